The monoisotopic (exact) mass is 269 g/mol. The summed E-state index contributed by atoms with van der Waals surface area (Å²) < 4.78 is 37.1. The lowest BCUT2D eigenvalue weighted by molar-refractivity contribution is -0.137. The van der Waals surface area contributed by atoms with Crippen LogP contribution in [0.5, 0.6) is 0 Å². The molecule has 0 aromatic carbocycles. The lowest BCUT2D eigenvalue weighted by Gasteiger charge is -2.08. The van der Waals surface area contributed by atoms with Gasteiger partial charge in [-0.1, -0.05) is 0 Å². The van der Waals surface area contributed by atoms with Crippen LogP contribution in [0.1, 0.15) is 5.56 Å². The molecule has 0 saturated carbocycles. The first-order valence-electron chi connectivity index (χ1n) is 5.29. The van der Waals surface area contributed by atoms with Gasteiger partial charge in [0.05, 0.1) is 5.56 Å². The van der Waals surface area contributed by atoms with Crippen LogP contribution in [0.3, 0.4) is 0 Å². The number of aromatic nitrogens is 3. The molecule has 2 aromatic rings. The summed E-state index contributed by atoms with van der Waals surface area (Å²) in [4.78, 5) is 11.5. The minimum atomic E-state index is -4.39. The summed E-state index contributed by atoms with van der Waals surface area (Å²) >= 11 is 0. The van der Waals surface area contributed by atoms with Crippen LogP contribution in [-0.2, 0) is 6.18 Å². The number of alkyl halides is 3. The molecule has 0 radical (unpaired) electrons. The summed E-state index contributed by atoms with van der Waals surface area (Å²) in [6.45, 7) is 0. The molecule has 0 amide bonds. The number of rotatable bonds is 3. The third-order valence-corrected chi connectivity index (χ3v) is 2.27. The highest BCUT2D eigenvalue weighted by Gasteiger charge is 2.30. The molecule has 5 nitrogen and oxygen atoms in total. The van der Waals surface area contributed by atoms with Crippen molar-refractivity contribution in [1.82, 2.24) is 15.0 Å². The van der Waals surface area contributed by atoms with Crippen molar-refractivity contribution in [1.29, 1.82) is 0 Å². The normalized spacial score (nSPS) is 11.2. The van der Waals surface area contributed by atoms with Crippen molar-refractivity contribution in [2.75, 3.05) is 17.7 Å². The smallest absolute Gasteiger partial charge is 0.373 e. The summed E-state index contributed by atoms with van der Waals surface area (Å²) in [5, 5.41) is 5.61. The molecule has 0 aliphatic carbocycles. The van der Waals surface area contributed by atoms with Crippen LogP contribution in [0.2, 0.25) is 0 Å². The van der Waals surface area contributed by atoms with Crippen LogP contribution >= 0.6 is 0 Å². The van der Waals surface area contributed by atoms with E-state index < -0.39 is 11.7 Å². The Morgan fingerprint density at radius 3 is 2.32 bits per heavy atom. The molecule has 0 bridgehead atoms. The van der Waals surface area contributed by atoms with E-state index in [4.69, 9.17) is 0 Å². The molecule has 19 heavy (non-hydrogen) atoms. The SMILES string of the molecule is CNc1cc(Nc2ccc(C(F)(F)F)cn2)ncn1. The van der Waals surface area contributed by atoms with E-state index in [9.17, 15) is 13.2 Å². The van der Waals surface area contributed by atoms with Crippen LogP contribution in [0, 0.1) is 0 Å². The molecule has 0 unspecified atom stereocenters. The average molecular weight is 269 g/mol. The van der Waals surface area contributed by atoms with Gasteiger partial charge in [-0.05, 0) is 12.1 Å². The minimum Gasteiger partial charge on any atom is -0.373 e. The Labute approximate surface area is 106 Å². The van der Waals surface area contributed by atoms with E-state index in [2.05, 4.69) is 25.6 Å². The van der Waals surface area contributed by atoms with Crippen LogP contribution in [0.25, 0.3) is 0 Å². The first kappa shape index (κ1) is 13.1. The van der Waals surface area contributed by atoms with Gasteiger partial charge in [-0.25, -0.2) is 15.0 Å². The fourth-order valence-corrected chi connectivity index (χ4v) is 1.33. The van der Waals surface area contributed by atoms with Gasteiger partial charge >= 0.3 is 6.18 Å². The number of pyridine rings is 1. The standard InChI is InChI=1S/C11H10F3N5/c1-15-9-4-10(18-6-17-9)19-8-3-2-7(5-16-8)11(12,13)14/h2-6H,1H3,(H2,15,16,17,18,19). The second-order valence-electron chi connectivity index (χ2n) is 3.59. The molecule has 0 aliphatic heterocycles. The van der Waals surface area contributed by atoms with Crippen molar-refractivity contribution in [3.8, 4) is 0 Å². The highest BCUT2D eigenvalue weighted by atomic mass is 19.4. The van der Waals surface area contributed by atoms with Crippen molar-refractivity contribution in [3.05, 3.63) is 36.3 Å². The third kappa shape index (κ3) is 3.30. The van der Waals surface area contributed by atoms with E-state index in [1.54, 1.807) is 13.1 Å². The Morgan fingerprint density at radius 2 is 1.74 bits per heavy atom. The van der Waals surface area contributed by atoms with E-state index in [1.807, 2.05) is 0 Å². The van der Waals surface area contributed by atoms with E-state index in [0.29, 0.717) is 11.6 Å². The molecule has 2 N–H and O–H groups in total. The minimum absolute atomic E-state index is 0.272. The zero-order valence-electron chi connectivity index (χ0n) is 9.86. The Morgan fingerprint density at radius 1 is 1.00 bits per heavy atom. The summed E-state index contributed by atoms with van der Waals surface area (Å²) in [7, 11) is 1.70. The molecule has 2 rings (SSSR count). The lowest BCUT2D eigenvalue weighted by atomic mass is 10.3. The molecule has 2 aromatic heterocycles. The summed E-state index contributed by atoms with van der Waals surface area (Å²) in [5.41, 5.74) is -0.795. The zero-order valence-corrected chi connectivity index (χ0v) is 9.86. The van der Waals surface area contributed by atoms with Gasteiger partial charge in [-0.15, -0.1) is 0 Å². The first-order chi connectivity index (χ1) is 8.99. The second-order valence-corrected chi connectivity index (χ2v) is 3.59. The summed E-state index contributed by atoms with van der Waals surface area (Å²) in [5.74, 6) is 1.30. The Hall–Kier alpha value is -2.38. The fraction of sp³-hybridized carbons (Fsp3) is 0.182. The third-order valence-electron chi connectivity index (χ3n) is 2.27. The Kier molecular flexibility index (Phi) is 3.50. The van der Waals surface area contributed by atoms with E-state index in [1.165, 1.54) is 12.4 Å². The summed E-state index contributed by atoms with van der Waals surface area (Å²) in [6, 6.07) is 3.80. The fourth-order valence-electron chi connectivity index (χ4n) is 1.33. The lowest BCUT2D eigenvalue weighted by Crippen LogP contribution is -2.06. The van der Waals surface area contributed by atoms with Crippen molar-refractivity contribution in [2.45, 2.75) is 6.18 Å². The number of nitrogens with one attached hydrogen (secondary N) is 2. The molecule has 0 aliphatic rings. The van der Waals surface area contributed by atoms with Gasteiger partial charge in [0.25, 0.3) is 0 Å². The topological polar surface area (TPSA) is 62.7 Å². The highest BCUT2D eigenvalue weighted by Crippen LogP contribution is 2.29. The van der Waals surface area contributed by atoms with Crippen LogP contribution in [0.4, 0.5) is 30.6 Å². The number of nitrogens with zero attached hydrogens (tertiary/aromatic N) is 3. The maximum atomic E-state index is 12.4. The predicted octanol–water partition coefficient (Wildman–Crippen LogP) is 2.68. The molecule has 2 heterocycles. The van der Waals surface area contributed by atoms with Gasteiger partial charge in [-0.2, -0.15) is 13.2 Å². The largest absolute Gasteiger partial charge is 0.417 e. The molecule has 0 atom stereocenters. The van der Waals surface area contributed by atoms with Crippen molar-refractivity contribution in [3.63, 3.8) is 0 Å². The van der Waals surface area contributed by atoms with E-state index in [-0.39, 0.29) is 5.82 Å². The Balaban J connectivity index is 2.15. The van der Waals surface area contributed by atoms with Crippen molar-refractivity contribution in [2.24, 2.45) is 0 Å². The maximum Gasteiger partial charge on any atom is 0.417 e. The van der Waals surface area contributed by atoms with Gasteiger partial charge in [0.1, 0.15) is 23.8 Å². The molecule has 0 fully saturated rings. The molecular weight excluding hydrogens is 259 g/mol. The van der Waals surface area contributed by atoms with Gasteiger partial charge in [0, 0.05) is 19.3 Å². The van der Waals surface area contributed by atoms with Gasteiger partial charge in [0.15, 0.2) is 0 Å². The predicted molar refractivity (Wildman–Crippen MR) is 64.1 cm³/mol. The molecule has 0 saturated heterocycles. The van der Waals surface area contributed by atoms with Crippen molar-refractivity contribution < 1.29 is 13.2 Å². The zero-order chi connectivity index (χ0) is 13.9. The number of halogens is 3. The van der Waals surface area contributed by atoms with Crippen LogP contribution in [0.15, 0.2) is 30.7 Å². The number of hydrogen-bond donors (Lipinski definition) is 2. The molecular formula is C11H10F3N5. The second kappa shape index (κ2) is 5.09. The van der Waals surface area contributed by atoms with E-state index >= 15 is 0 Å². The van der Waals surface area contributed by atoms with Gasteiger partial charge < -0.3 is 10.6 Å². The first-order valence-corrected chi connectivity index (χ1v) is 5.29. The number of anilines is 3. The Bertz CT molecular complexity index is 553. The van der Waals surface area contributed by atoms with Crippen molar-refractivity contribution >= 4 is 17.5 Å². The average Bonchev–Trinajstić information content (AvgIpc) is 2.38. The molecule has 100 valence electrons. The summed E-state index contributed by atoms with van der Waals surface area (Å²) in [6.07, 6.45) is -2.29. The number of hydrogen-bond acceptors (Lipinski definition) is 5. The van der Waals surface area contributed by atoms with Gasteiger partial charge in [0.2, 0.25) is 0 Å². The quantitative estimate of drug-likeness (QED) is 0.897. The van der Waals surface area contributed by atoms with Crippen LogP contribution in [-0.4, -0.2) is 22.0 Å². The molecule has 8 heteroatoms. The maximum absolute atomic E-state index is 12.4. The highest BCUT2D eigenvalue weighted by molar-refractivity contribution is 5.55. The van der Waals surface area contributed by atoms with Crippen LogP contribution < -0.4 is 10.6 Å². The van der Waals surface area contributed by atoms with E-state index in [0.717, 1.165) is 12.3 Å². The molecule has 0 spiro atoms. The van der Waals surface area contributed by atoms with Gasteiger partial charge in [-0.3, -0.25) is 0 Å².